The van der Waals surface area contributed by atoms with Gasteiger partial charge in [0, 0.05) is 19.3 Å². The molecule has 0 aliphatic heterocycles. The van der Waals surface area contributed by atoms with Crippen LogP contribution in [0.4, 0.5) is 0 Å². The van der Waals surface area contributed by atoms with Crippen LogP contribution in [0.25, 0.3) is 0 Å². The second kappa shape index (κ2) is 11.2. The molecule has 2 rings (SSSR count). The summed E-state index contributed by atoms with van der Waals surface area (Å²) >= 11 is 0. The normalized spacial score (nSPS) is 10.7. The maximum Gasteiger partial charge on any atom is 0.263 e. The Balaban J connectivity index is 1.79. The molecular formula is C22H25N3O4. The molecule has 0 saturated heterocycles. The van der Waals surface area contributed by atoms with Crippen molar-refractivity contribution in [3.63, 3.8) is 0 Å². The zero-order valence-corrected chi connectivity index (χ0v) is 16.6. The molecule has 1 amide bonds. The van der Waals surface area contributed by atoms with Gasteiger partial charge in [0.15, 0.2) is 11.5 Å². The zero-order valence-electron chi connectivity index (χ0n) is 16.6. The Hall–Kier alpha value is -3.66. The first-order valence-electron chi connectivity index (χ1n) is 9.18. The molecule has 0 fully saturated rings. The Morgan fingerprint density at radius 2 is 1.69 bits per heavy atom. The summed E-state index contributed by atoms with van der Waals surface area (Å²) in [6.07, 6.45) is 2.72. The Morgan fingerprint density at radius 1 is 1.03 bits per heavy atom. The number of phenolic OH excluding ortho intramolecular Hbond substituents is 1. The van der Waals surface area contributed by atoms with Crippen molar-refractivity contribution in [1.29, 1.82) is 5.26 Å². The highest BCUT2D eigenvalue weighted by atomic mass is 16.5. The second-order valence-electron chi connectivity index (χ2n) is 6.24. The van der Waals surface area contributed by atoms with Gasteiger partial charge in [-0.1, -0.05) is 18.2 Å². The number of carbonyl (C=O) groups excluding carboxylic acids is 1. The summed E-state index contributed by atoms with van der Waals surface area (Å²) in [6, 6.07) is 14.4. The van der Waals surface area contributed by atoms with Crippen molar-refractivity contribution in [3.8, 4) is 23.3 Å². The standard InChI is InChI=1S/C22H25N3O4/c1-28-20-8-5-17(13-21(20)29-2)10-12-25-22(27)18(14-23)15-24-11-9-16-3-6-19(26)7-4-16/h3-8,13,15,24,26H,9-12H2,1-2H3,(H,25,27)/b18-15-. The number of hydrogen-bond donors (Lipinski definition) is 3. The SMILES string of the molecule is COc1ccc(CCNC(=O)/C(C#N)=C\NCCc2ccc(O)cc2)cc1OC. The van der Waals surface area contributed by atoms with Gasteiger partial charge in [-0.2, -0.15) is 5.26 Å². The number of nitrogens with one attached hydrogen (secondary N) is 2. The monoisotopic (exact) mass is 395 g/mol. The molecule has 7 nitrogen and oxygen atoms in total. The van der Waals surface area contributed by atoms with Crippen LogP contribution in [0, 0.1) is 11.3 Å². The molecule has 7 heteroatoms. The Kier molecular flexibility index (Phi) is 8.39. The first-order valence-corrected chi connectivity index (χ1v) is 9.18. The topological polar surface area (TPSA) is 104 Å². The number of nitriles is 1. The molecule has 0 saturated carbocycles. The number of ether oxygens (including phenoxy) is 2. The third-order valence-electron chi connectivity index (χ3n) is 4.25. The lowest BCUT2D eigenvalue weighted by Crippen LogP contribution is -2.28. The van der Waals surface area contributed by atoms with E-state index in [1.54, 1.807) is 26.4 Å². The molecular weight excluding hydrogens is 370 g/mol. The largest absolute Gasteiger partial charge is 0.508 e. The number of phenols is 1. The van der Waals surface area contributed by atoms with Crippen LogP contribution in [-0.4, -0.2) is 38.3 Å². The number of amides is 1. The minimum Gasteiger partial charge on any atom is -0.508 e. The van der Waals surface area contributed by atoms with Gasteiger partial charge in [-0.25, -0.2) is 0 Å². The highest BCUT2D eigenvalue weighted by molar-refractivity contribution is 5.97. The van der Waals surface area contributed by atoms with Gasteiger partial charge in [0.25, 0.3) is 5.91 Å². The third-order valence-corrected chi connectivity index (χ3v) is 4.25. The Bertz CT molecular complexity index is 886. The van der Waals surface area contributed by atoms with Crippen LogP contribution in [0.1, 0.15) is 11.1 Å². The van der Waals surface area contributed by atoms with Crippen LogP contribution < -0.4 is 20.1 Å². The Morgan fingerprint density at radius 3 is 2.34 bits per heavy atom. The van der Waals surface area contributed by atoms with Gasteiger partial charge in [0.1, 0.15) is 17.4 Å². The summed E-state index contributed by atoms with van der Waals surface area (Å²) in [5.41, 5.74) is 2.04. The van der Waals surface area contributed by atoms with E-state index in [0.29, 0.717) is 37.4 Å². The van der Waals surface area contributed by atoms with E-state index in [2.05, 4.69) is 10.6 Å². The number of nitrogens with zero attached hydrogens (tertiary/aromatic N) is 1. The summed E-state index contributed by atoms with van der Waals surface area (Å²) in [6.45, 7) is 0.954. The fourth-order valence-corrected chi connectivity index (χ4v) is 2.65. The van der Waals surface area contributed by atoms with Crippen LogP contribution in [0.5, 0.6) is 17.2 Å². The predicted molar refractivity (Wildman–Crippen MR) is 110 cm³/mol. The number of rotatable bonds is 10. The van der Waals surface area contributed by atoms with Crippen molar-refractivity contribution < 1.29 is 19.4 Å². The highest BCUT2D eigenvalue weighted by Crippen LogP contribution is 2.27. The summed E-state index contributed by atoms with van der Waals surface area (Å²) in [5, 5.41) is 24.2. The average Bonchev–Trinajstić information content (AvgIpc) is 2.74. The lowest BCUT2D eigenvalue weighted by atomic mass is 10.1. The minimum atomic E-state index is -0.426. The van der Waals surface area contributed by atoms with E-state index in [-0.39, 0.29) is 11.3 Å². The van der Waals surface area contributed by atoms with Crippen molar-refractivity contribution in [3.05, 3.63) is 65.4 Å². The molecule has 0 bridgehead atoms. The smallest absolute Gasteiger partial charge is 0.263 e. The molecule has 3 N–H and O–H groups in total. The van der Waals surface area contributed by atoms with E-state index in [9.17, 15) is 15.2 Å². The van der Waals surface area contributed by atoms with Crippen LogP contribution in [-0.2, 0) is 17.6 Å². The summed E-state index contributed by atoms with van der Waals surface area (Å²) < 4.78 is 10.5. The number of aromatic hydroxyl groups is 1. The van der Waals surface area contributed by atoms with E-state index in [0.717, 1.165) is 11.1 Å². The van der Waals surface area contributed by atoms with Crippen molar-refractivity contribution >= 4 is 5.91 Å². The van der Waals surface area contributed by atoms with Crippen LogP contribution in [0.2, 0.25) is 0 Å². The van der Waals surface area contributed by atoms with E-state index in [1.807, 2.05) is 36.4 Å². The van der Waals surface area contributed by atoms with Gasteiger partial charge >= 0.3 is 0 Å². The van der Waals surface area contributed by atoms with Crippen molar-refractivity contribution in [2.45, 2.75) is 12.8 Å². The van der Waals surface area contributed by atoms with Gasteiger partial charge in [0.2, 0.25) is 0 Å². The van der Waals surface area contributed by atoms with E-state index < -0.39 is 5.91 Å². The molecule has 2 aromatic rings. The predicted octanol–water partition coefficient (Wildman–Crippen LogP) is 2.31. The summed E-state index contributed by atoms with van der Waals surface area (Å²) in [4.78, 5) is 12.2. The molecule has 2 aromatic carbocycles. The van der Waals surface area contributed by atoms with Crippen molar-refractivity contribution in [1.82, 2.24) is 10.6 Å². The first kappa shape index (κ1) is 21.6. The number of benzene rings is 2. The van der Waals surface area contributed by atoms with Crippen molar-refractivity contribution in [2.24, 2.45) is 0 Å². The van der Waals surface area contributed by atoms with Gasteiger partial charge in [-0.15, -0.1) is 0 Å². The Labute approximate surface area is 170 Å². The molecule has 152 valence electrons. The molecule has 0 aromatic heterocycles. The summed E-state index contributed by atoms with van der Waals surface area (Å²) in [7, 11) is 3.15. The molecule has 0 spiro atoms. The minimum absolute atomic E-state index is 0.0167. The average molecular weight is 395 g/mol. The van der Waals surface area contributed by atoms with E-state index in [4.69, 9.17) is 9.47 Å². The van der Waals surface area contributed by atoms with Gasteiger partial charge in [0.05, 0.1) is 14.2 Å². The third kappa shape index (κ3) is 6.78. The molecule has 0 atom stereocenters. The van der Waals surface area contributed by atoms with E-state index in [1.165, 1.54) is 6.20 Å². The number of carbonyl (C=O) groups is 1. The second-order valence-corrected chi connectivity index (χ2v) is 6.24. The maximum absolute atomic E-state index is 12.2. The lowest BCUT2D eigenvalue weighted by molar-refractivity contribution is -0.117. The molecule has 0 aliphatic rings. The van der Waals surface area contributed by atoms with Crippen LogP contribution >= 0.6 is 0 Å². The van der Waals surface area contributed by atoms with Crippen molar-refractivity contribution in [2.75, 3.05) is 27.3 Å². The quantitative estimate of drug-likeness (QED) is 0.324. The van der Waals surface area contributed by atoms with E-state index >= 15 is 0 Å². The molecule has 0 aliphatic carbocycles. The molecule has 0 unspecified atom stereocenters. The molecule has 29 heavy (non-hydrogen) atoms. The molecule has 0 radical (unpaired) electrons. The zero-order chi connectivity index (χ0) is 21.1. The first-order chi connectivity index (χ1) is 14.1. The lowest BCUT2D eigenvalue weighted by Gasteiger charge is -2.10. The van der Waals surface area contributed by atoms with Crippen LogP contribution in [0.15, 0.2) is 54.2 Å². The summed E-state index contributed by atoms with van der Waals surface area (Å²) in [5.74, 6) is 1.07. The number of methoxy groups -OCH3 is 2. The van der Waals surface area contributed by atoms with Gasteiger partial charge < -0.3 is 25.2 Å². The fraction of sp³-hybridized carbons (Fsp3) is 0.273. The van der Waals surface area contributed by atoms with Gasteiger partial charge in [-0.3, -0.25) is 4.79 Å². The molecule has 0 heterocycles. The highest BCUT2D eigenvalue weighted by Gasteiger charge is 2.09. The maximum atomic E-state index is 12.2. The fourth-order valence-electron chi connectivity index (χ4n) is 2.65. The van der Waals surface area contributed by atoms with Gasteiger partial charge in [-0.05, 0) is 48.2 Å². The van der Waals surface area contributed by atoms with Crippen LogP contribution in [0.3, 0.4) is 0 Å². The number of hydrogen-bond acceptors (Lipinski definition) is 6.